The van der Waals surface area contributed by atoms with E-state index in [1.165, 1.54) is 12.1 Å². The van der Waals surface area contributed by atoms with Gasteiger partial charge in [0.1, 0.15) is 5.82 Å². The van der Waals surface area contributed by atoms with E-state index in [-0.39, 0.29) is 11.9 Å². The van der Waals surface area contributed by atoms with Crippen LogP contribution < -0.4 is 5.32 Å². The highest BCUT2D eigenvalue weighted by Gasteiger charge is 2.25. The molecule has 2 aromatic rings. The Morgan fingerprint density at radius 3 is 2.76 bits per heavy atom. The van der Waals surface area contributed by atoms with Crippen molar-refractivity contribution in [2.24, 2.45) is 0 Å². The highest BCUT2D eigenvalue weighted by Crippen LogP contribution is 2.35. The summed E-state index contributed by atoms with van der Waals surface area (Å²) in [5.41, 5.74) is 1.40. The predicted octanol–water partition coefficient (Wildman–Crippen LogP) is 3.97. The summed E-state index contributed by atoms with van der Waals surface area (Å²) in [7, 11) is 0. The van der Waals surface area contributed by atoms with E-state index in [0.717, 1.165) is 17.7 Å². The van der Waals surface area contributed by atoms with Gasteiger partial charge in [-0.1, -0.05) is 12.1 Å². The van der Waals surface area contributed by atoms with Crippen LogP contribution in [0.15, 0.2) is 36.4 Å². The lowest BCUT2D eigenvalue weighted by atomic mass is 10.1. The molecule has 6 heteroatoms. The van der Waals surface area contributed by atoms with E-state index >= 15 is 0 Å². The summed E-state index contributed by atoms with van der Waals surface area (Å²) in [5, 5.41) is 13.9. The molecule has 1 unspecified atom stereocenters. The van der Waals surface area contributed by atoms with Crippen LogP contribution in [0.25, 0.3) is 0 Å². The van der Waals surface area contributed by atoms with Crippen LogP contribution in [0, 0.1) is 21.7 Å². The van der Waals surface area contributed by atoms with Gasteiger partial charge in [0.25, 0.3) is 0 Å². The Morgan fingerprint density at radius 2 is 2.00 bits per heavy atom. The lowest BCUT2D eigenvalue weighted by Gasteiger charge is -2.15. The van der Waals surface area contributed by atoms with Crippen molar-refractivity contribution in [3.05, 3.63) is 69.3 Å². The third kappa shape index (κ3) is 2.44. The van der Waals surface area contributed by atoms with Crippen molar-refractivity contribution in [2.75, 3.05) is 5.32 Å². The van der Waals surface area contributed by atoms with Crippen LogP contribution in [-0.2, 0) is 6.42 Å². The highest BCUT2D eigenvalue weighted by atomic mass is 19.1. The number of rotatable bonds is 3. The zero-order valence-electron chi connectivity index (χ0n) is 11.0. The third-order valence-electron chi connectivity index (χ3n) is 3.70. The number of halogens is 2. The predicted molar refractivity (Wildman–Crippen MR) is 74.1 cm³/mol. The first-order valence-electron chi connectivity index (χ1n) is 6.54. The third-order valence-corrected chi connectivity index (χ3v) is 3.70. The van der Waals surface area contributed by atoms with Crippen molar-refractivity contribution < 1.29 is 13.7 Å². The fourth-order valence-corrected chi connectivity index (χ4v) is 2.70. The molecule has 4 nitrogen and oxygen atoms in total. The van der Waals surface area contributed by atoms with E-state index in [2.05, 4.69) is 5.32 Å². The van der Waals surface area contributed by atoms with E-state index in [4.69, 9.17) is 0 Å². The molecule has 0 saturated carbocycles. The largest absolute Gasteiger partial charge is 0.378 e. The molecule has 1 aliphatic carbocycles. The number of benzene rings is 2. The molecule has 0 saturated heterocycles. The Morgan fingerprint density at radius 1 is 1.19 bits per heavy atom. The molecule has 1 aliphatic rings. The van der Waals surface area contributed by atoms with E-state index in [1.54, 1.807) is 6.07 Å². The van der Waals surface area contributed by atoms with Crippen LogP contribution in [0.4, 0.5) is 20.2 Å². The summed E-state index contributed by atoms with van der Waals surface area (Å²) in [5.74, 6) is -1.11. The first kappa shape index (κ1) is 13.5. The Hall–Kier alpha value is -2.50. The zero-order valence-corrected chi connectivity index (χ0v) is 11.0. The van der Waals surface area contributed by atoms with E-state index in [9.17, 15) is 18.9 Å². The smallest absolute Gasteiger partial charge is 0.306 e. The van der Waals surface area contributed by atoms with E-state index in [1.807, 2.05) is 6.07 Å². The van der Waals surface area contributed by atoms with Crippen LogP contribution in [-0.4, -0.2) is 4.92 Å². The van der Waals surface area contributed by atoms with Gasteiger partial charge in [-0.25, -0.2) is 4.39 Å². The number of hydrogen-bond acceptors (Lipinski definition) is 3. The van der Waals surface area contributed by atoms with Gasteiger partial charge >= 0.3 is 5.69 Å². The molecule has 0 amide bonds. The first-order chi connectivity index (χ1) is 10.1. The van der Waals surface area contributed by atoms with Gasteiger partial charge < -0.3 is 5.32 Å². The van der Waals surface area contributed by atoms with Crippen LogP contribution in [0.1, 0.15) is 23.6 Å². The fraction of sp³-hybridized carbons (Fsp3) is 0.200. The molecule has 0 fully saturated rings. The second-order valence-corrected chi connectivity index (χ2v) is 4.97. The normalized spacial score (nSPS) is 16.6. The van der Waals surface area contributed by atoms with Crippen LogP contribution in [0.5, 0.6) is 0 Å². The maximum atomic E-state index is 13.7. The molecule has 1 N–H and O–H groups in total. The van der Waals surface area contributed by atoms with Gasteiger partial charge in [-0.15, -0.1) is 0 Å². The first-order valence-corrected chi connectivity index (χ1v) is 6.54. The molecule has 3 rings (SSSR count). The second-order valence-electron chi connectivity index (χ2n) is 4.97. The summed E-state index contributed by atoms with van der Waals surface area (Å²) in [4.78, 5) is 9.98. The summed E-state index contributed by atoms with van der Waals surface area (Å²) < 4.78 is 27.0. The number of nitro benzene ring substituents is 1. The number of fused-ring (bicyclic) bond motifs is 1. The van der Waals surface area contributed by atoms with Gasteiger partial charge in [0, 0.05) is 11.8 Å². The summed E-state index contributed by atoms with van der Waals surface area (Å²) in [6, 6.07) is 8.43. The summed E-state index contributed by atoms with van der Waals surface area (Å²) >= 11 is 0. The topological polar surface area (TPSA) is 55.2 Å². The van der Waals surface area contributed by atoms with E-state index < -0.39 is 16.4 Å². The van der Waals surface area contributed by atoms with Gasteiger partial charge in [-0.05, 0) is 42.2 Å². The summed E-state index contributed by atoms with van der Waals surface area (Å²) in [6.45, 7) is 0. The Balaban J connectivity index is 1.88. The van der Waals surface area contributed by atoms with Gasteiger partial charge in [0.2, 0.25) is 5.82 Å². The summed E-state index contributed by atoms with van der Waals surface area (Å²) in [6.07, 6.45) is 1.31. The van der Waals surface area contributed by atoms with Crippen molar-refractivity contribution >= 4 is 11.4 Å². The van der Waals surface area contributed by atoms with Crippen molar-refractivity contribution in [1.82, 2.24) is 0 Å². The maximum Gasteiger partial charge on any atom is 0.306 e. The molecular weight excluding hydrogens is 278 g/mol. The number of nitro groups is 1. The molecular formula is C15H12F2N2O2. The molecule has 1 atom stereocenters. The quantitative estimate of drug-likeness (QED) is 0.687. The number of nitrogens with one attached hydrogen (secondary N) is 1. The fourth-order valence-electron chi connectivity index (χ4n) is 2.70. The van der Waals surface area contributed by atoms with Crippen molar-refractivity contribution in [2.45, 2.75) is 18.9 Å². The standard InChI is InChI=1S/C15H12F2N2O2/c16-12-3-1-2-11-10(12)5-7-14(11)18-9-4-6-13(17)15(8-9)19(20)21/h1-4,6,8,14,18H,5,7H2. The minimum Gasteiger partial charge on any atom is -0.378 e. The Labute approximate surface area is 119 Å². The van der Waals surface area contributed by atoms with Gasteiger partial charge in [-0.2, -0.15) is 4.39 Å². The minimum atomic E-state index is -0.872. The van der Waals surface area contributed by atoms with Gasteiger partial charge in [0.15, 0.2) is 0 Å². The van der Waals surface area contributed by atoms with Gasteiger partial charge in [-0.3, -0.25) is 10.1 Å². The Bertz CT molecular complexity index is 719. The maximum absolute atomic E-state index is 13.7. The van der Waals surface area contributed by atoms with Gasteiger partial charge in [0.05, 0.1) is 11.0 Å². The lowest BCUT2D eigenvalue weighted by molar-refractivity contribution is -0.387. The number of hydrogen-bond donors (Lipinski definition) is 1. The monoisotopic (exact) mass is 290 g/mol. The van der Waals surface area contributed by atoms with Crippen LogP contribution >= 0.6 is 0 Å². The van der Waals surface area contributed by atoms with Crippen molar-refractivity contribution in [3.63, 3.8) is 0 Å². The molecule has 0 radical (unpaired) electrons. The van der Waals surface area contributed by atoms with Crippen molar-refractivity contribution in [1.29, 1.82) is 0 Å². The zero-order chi connectivity index (χ0) is 15.0. The van der Waals surface area contributed by atoms with Crippen LogP contribution in [0.2, 0.25) is 0 Å². The molecule has 21 heavy (non-hydrogen) atoms. The van der Waals surface area contributed by atoms with E-state index in [0.29, 0.717) is 24.1 Å². The minimum absolute atomic E-state index is 0.124. The lowest BCUT2D eigenvalue weighted by Crippen LogP contribution is -2.07. The molecule has 2 aromatic carbocycles. The SMILES string of the molecule is O=[N+]([O-])c1cc(NC2CCc3c(F)cccc32)ccc1F. The van der Waals surface area contributed by atoms with Crippen LogP contribution in [0.3, 0.4) is 0 Å². The highest BCUT2D eigenvalue weighted by molar-refractivity contribution is 5.54. The average molecular weight is 290 g/mol. The number of anilines is 1. The Kier molecular flexibility index (Phi) is 3.29. The second kappa shape index (κ2) is 5.12. The van der Waals surface area contributed by atoms with Crippen molar-refractivity contribution in [3.8, 4) is 0 Å². The molecule has 0 aliphatic heterocycles. The molecule has 0 spiro atoms. The molecule has 0 aromatic heterocycles. The number of nitrogens with zero attached hydrogens (tertiary/aromatic N) is 1. The molecule has 0 heterocycles. The molecule has 0 bridgehead atoms. The average Bonchev–Trinajstić information content (AvgIpc) is 2.85. The molecule has 108 valence electrons.